The zero-order valence-electron chi connectivity index (χ0n) is 8.49. The average Bonchev–Trinajstić information content (AvgIpc) is 2.81. The highest BCUT2D eigenvalue weighted by atomic mass is 32.2. The van der Waals surface area contributed by atoms with Crippen LogP contribution in [-0.2, 0) is 10.2 Å². The van der Waals surface area contributed by atoms with Gasteiger partial charge in [0, 0.05) is 18.6 Å². The maximum atomic E-state index is 11.3. The van der Waals surface area contributed by atoms with Crippen molar-refractivity contribution in [3.05, 3.63) is 0 Å². The van der Waals surface area contributed by atoms with E-state index >= 15 is 0 Å². The van der Waals surface area contributed by atoms with E-state index in [1.165, 1.54) is 0 Å². The number of hydrogen-bond acceptors (Lipinski definition) is 3. The fourth-order valence-corrected chi connectivity index (χ4v) is 2.26. The molecule has 0 heterocycles. The molecule has 1 rings (SSSR count). The zero-order chi connectivity index (χ0) is 10.6. The molecule has 0 aromatic carbocycles. The first-order chi connectivity index (χ1) is 6.49. The molecule has 14 heavy (non-hydrogen) atoms. The van der Waals surface area contributed by atoms with Gasteiger partial charge in [-0.2, -0.15) is 13.1 Å². The molecule has 1 unspecified atom stereocenters. The maximum Gasteiger partial charge on any atom is 0.277 e. The average molecular weight is 221 g/mol. The van der Waals surface area contributed by atoms with Crippen LogP contribution in [0.5, 0.6) is 0 Å². The summed E-state index contributed by atoms with van der Waals surface area (Å²) in [7, 11) is -3.26. The van der Waals surface area contributed by atoms with Crippen LogP contribution in [0.15, 0.2) is 0 Å². The second-order valence-electron chi connectivity index (χ2n) is 3.91. The van der Waals surface area contributed by atoms with Crippen molar-refractivity contribution in [3.8, 4) is 0 Å². The third kappa shape index (κ3) is 5.54. The summed E-state index contributed by atoms with van der Waals surface area (Å²) in [6.07, 6.45) is 3.54. The third-order valence-corrected chi connectivity index (χ3v) is 3.26. The Bertz CT molecular complexity index is 260. The van der Waals surface area contributed by atoms with Crippen molar-refractivity contribution in [1.82, 2.24) is 9.44 Å². The minimum atomic E-state index is -3.26. The monoisotopic (exact) mass is 221 g/mol. The minimum Gasteiger partial charge on any atom is -0.328 e. The molecule has 0 bridgehead atoms. The van der Waals surface area contributed by atoms with Gasteiger partial charge in [-0.15, -0.1) is 0 Å². The van der Waals surface area contributed by atoms with Gasteiger partial charge in [0.2, 0.25) is 0 Å². The maximum absolute atomic E-state index is 11.3. The van der Waals surface area contributed by atoms with Gasteiger partial charge in [-0.25, -0.2) is 4.72 Å². The van der Waals surface area contributed by atoms with E-state index in [9.17, 15) is 8.42 Å². The fourth-order valence-electron chi connectivity index (χ4n) is 1.09. The van der Waals surface area contributed by atoms with Gasteiger partial charge in [-0.3, -0.25) is 0 Å². The van der Waals surface area contributed by atoms with Crippen LogP contribution in [0.3, 0.4) is 0 Å². The predicted molar refractivity (Wildman–Crippen MR) is 56.0 cm³/mol. The van der Waals surface area contributed by atoms with Crippen molar-refractivity contribution in [2.45, 2.75) is 44.7 Å². The van der Waals surface area contributed by atoms with Crippen LogP contribution >= 0.6 is 0 Å². The summed E-state index contributed by atoms with van der Waals surface area (Å²) < 4.78 is 27.6. The van der Waals surface area contributed by atoms with Gasteiger partial charge in [0.15, 0.2) is 0 Å². The highest BCUT2D eigenvalue weighted by Crippen LogP contribution is 2.19. The van der Waals surface area contributed by atoms with E-state index in [1.54, 1.807) is 0 Å². The molecule has 0 aliphatic heterocycles. The lowest BCUT2D eigenvalue weighted by molar-refractivity contribution is 0.554. The number of hydrogen-bond donors (Lipinski definition) is 3. The standard InChI is InChI=1S/C8H19N3O2S/c1-7(9)3-2-6-10-14(12,13)11-8-4-5-8/h7-8,10-11H,2-6,9H2,1H3. The van der Waals surface area contributed by atoms with Gasteiger partial charge in [-0.1, -0.05) is 0 Å². The summed E-state index contributed by atoms with van der Waals surface area (Å²) in [5, 5.41) is 0. The van der Waals surface area contributed by atoms with Crippen LogP contribution in [0.2, 0.25) is 0 Å². The molecule has 1 aliphatic rings. The Hall–Kier alpha value is -0.170. The van der Waals surface area contributed by atoms with Gasteiger partial charge >= 0.3 is 0 Å². The highest BCUT2D eigenvalue weighted by Gasteiger charge is 2.26. The Labute approximate surface area is 85.6 Å². The van der Waals surface area contributed by atoms with Crippen molar-refractivity contribution in [3.63, 3.8) is 0 Å². The Morgan fingerprint density at radius 3 is 2.64 bits per heavy atom. The van der Waals surface area contributed by atoms with E-state index in [0.29, 0.717) is 6.54 Å². The summed E-state index contributed by atoms with van der Waals surface area (Å²) >= 11 is 0. The molecule has 0 spiro atoms. The summed E-state index contributed by atoms with van der Waals surface area (Å²) in [4.78, 5) is 0. The molecule has 1 saturated carbocycles. The molecule has 0 radical (unpaired) electrons. The molecule has 0 aromatic heterocycles. The van der Waals surface area contributed by atoms with Crippen molar-refractivity contribution < 1.29 is 8.42 Å². The van der Waals surface area contributed by atoms with Crippen molar-refractivity contribution in [2.75, 3.05) is 6.54 Å². The predicted octanol–water partition coefficient (Wildman–Crippen LogP) is -0.300. The van der Waals surface area contributed by atoms with Crippen LogP contribution in [0.1, 0.15) is 32.6 Å². The quantitative estimate of drug-likeness (QED) is 0.516. The van der Waals surface area contributed by atoms with Crippen LogP contribution in [0.4, 0.5) is 0 Å². The first-order valence-electron chi connectivity index (χ1n) is 5.02. The minimum absolute atomic E-state index is 0.135. The Kier molecular flexibility index (Phi) is 4.31. The van der Waals surface area contributed by atoms with Crippen LogP contribution in [0.25, 0.3) is 0 Å². The molecule has 6 heteroatoms. The second-order valence-corrected chi connectivity index (χ2v) is 5.44. The van der Waals surface area contributed by atoms with E-state index < -0.39 is 10.2 Å². The lowest BCUT2D eigenvalue weighted by atomic mass is 10.2. The van der Waals surface area contributed by atoms with Gasteiger partial charge in [0.1, 0.15) is 0 Å². The van der Waals surface area contributed by atoms with E-state index in [4.69, 9.17) is 5.73 Å². The number of nitrogens with one attached hydrogen (secondary N) is 2. The van der Waals surface area contributed by atoms with Crippen LogP contribution in [-0.4, -0.2) is 27.0 Å². The molecule has 5 nitrogen and oxygen atoms in total. The summed E-state index contributed by atoms with van der Waals surface area (Å²) in [5.74, 6) is 0. The van der Waals surface area contributed by atoms with E-state index in [2.05, 4.69) is 9.44 Å². The molecule has 0 saturated heterocycles. The smallest absolute Gasteiger partial charge is 0.277 e. The molecule has 4 N–H and O–H groups in total. The highest BCUT2D eigenvalue weighted by molar-refractivity contribution is 7.87. The number of nitrogens with two attached hydrogens (primary N) is 1. The van der Waals surface area contributed by atoms with E-state index in [1.807, 2.05) is 6.92 Å². The largest absolute Gasteiger partial charge is 0.328 e. The third-order valence-electron chi connectivity index (χ3n) is 2.03. The summed E-state index contributed by atoms with van der Waals surface area (Å²) in [6, 6.07) is 0.303. The van der Waals surface area contributed by atoms with Crippen molar-refractivity contribution in [1.29, 1.82) is 0 Å². The van der Waals surface area contributed by atoms with Crippen molar-refractivity contribution >= 4 is 10.2 Å². The Balaban J connectivity index is 2.09. The van der Waals surface area contributed by atoms with Gasteiger partial charge < -0.3 is 5.73 Å². The van der Waals surface area contributed by atoms with Gasteiger partial charge in [0.05, 0.1) is 0 Å². The van der Waals surface area contributed by atoms with Gasteiger partial charge in [0.25, 0.3) is 10.2 Å². The molecule has 1 atom stereocenters. The second kappa shape index (κ2) is 5.06. The zero-order valence-corrected chi connectivity index (χ0v) is 9.31. The summed E-state index contributed by atoms with van der Waals surface area (Å²) in [6.45, 7) is 2.38. The first-order valence-corrected chi connectivity index (χ1v) is 6.50. The molecule has 0 aromatic rings. The van der Waals surface area contributed by atoms with E-state index in [-0.39, 0.29) is 12.1 Å². The number of rotatable bonds is 7. The topological polar surface area (TPSA) is 84.2 Å². The van der Waals surface area contributed by atoms with E-state index in [0.717, 1.165) is 25.7 Å². The molecular weight excluding hydrogens is 202 g/mol. The molecule has 0 amide bonds. The van der Waals surface area contributed by atoms with Crippen LogP contribution < -0.4 is 15.2 Å². The molecule has 84 valence electrons. The lowest BCUT2D eigenvalue weighted by Crippen LogP contribution is -2.38. The first kappa shape index (κ1) is 11.9. The fraction of sp³-hybridized carbons (Fsp3) is 1.00. The molecule has 1 aliphatic carbocycles. The molecular formula is C8H19N3O2S. The van der Waals surface area contributed by atoms with Gasteiger partial charge in [-0.05, 0) is 32.6 Å². The SMILES string of the molecule is CC(N)CCCNS(=O)(=O)NC1CC1. The molecule has 1 fully saturated rings. The lowest BCUT2D eigenvalue weighted by Gasteiger charge is -2.08. The normalized spacial score (nSPS) is 19.6. The van der Waals surface area contributed by atoms with Crippen molar-refractivity contribution in [2.24, 2.45) is 5.73 Å². The Morgan fingerprint density at radius 2 is 2.14 bits per heavy atom. The van der Waals surface area contributed by atoms with Crippen LogP contribution in [0, 0.1) is 0 Å². The Morgan fingerprint density at radius 1 is 1.50 bits per heavy atom. The summed E-state index contributed by atoms with van der Waals surface area (Å²) in [5.41, 5.74) is 5.54.